The molecule has 114 valence electrons. The average Bonchev–Trinajstić information content (AvgIpc) is 2.37. The maximum Gasteiger partial charge on any atom is 0.138 e. The molecule has 4 heteroatoms. The quantitative estimate of drug-likeness (QED) is 0.781. The Labute approximate surface area is 127 Å². The van der Waals surface area contributed by atoms with E-state index in [1.54, 1.807) is 7.11 Å². The summed E-state index contributed by atoms with van der Waals surface area (Å²) in [5.41, 5.74) is 7.45. The molecular formula is C16H26ClNO2. The number of ether oxygens (including phenoxy) is 2. The molecule has 1 aromatic rings. The molecule has 2 N–H and O–H groups in total. The van der Waals surface area contributed by atoms with Gasteiger partial charge in [0.05, 0.1) is 11.6 Å². The zero-order chi connectivity index (χ0) is 15.2. The number of nitrogens with two attached hydrogens (primary N) is 1. The van der Waals surface area contributed by atoms with Crippen LogP contribution in [-0.4, -0.2) is 26.4 Å². The van der Waals surface area contributed by atoms with Gasteiger partial charge in [-0.05, 0) is 29.5 Å². The van der Waals surface area contributed by atoms with Crippen molar-refractivity contribution in [3.63, 3.8) is 0 Å². The molecule has 0 radical (unpaired) electrons. The van der Waals surface area contributed by atoms with Crippen LogP contribution in [0.5, 0.6) is 5.75 Å². The third kappa shape index (κ3) is 5.70. The highest BCUT2D eigenvalue weighted by Crippen LogP contribution is 2.28. The molecule has 20 heavy (non-hydrogen) atoms. The van der Waals surface area contributed by atoms with Crippen LogP contribution in [0.2, 0.25) is 5.02 Å². The molecule has 0 aromatic heterocycles. The van der Waals surface area contributed by atoms with Crippen LogP contribution < -0.4 is 10.5 Å². The summed E-state index contributed by atoms with van der Waals surface area (Å²) in [6, 6.07) is 5.97. The molecule has 0 amide bonds. The summed E-state index contributed by atoms with van der Waals surface area (Å²) < 4.78 is 10.7. The first-order chi connectivity index (χ1) is 9.34. The molecule has 0 aliphatic carbocycles. The van der Waals surface area contributed by atoms with E-state index in [1.807, 2.05) is 18.2 Å². The predicted octanol–water partition coefficient (Wildman–Crippen LogP) is 3.67. The van der Waals surface area contributed by atoms with Gasteiger partial charge in [0.15, 0.2) is 0 Å². The minimum Gasteiger partial charge on any atom is -0.492 e. The fourth-order valence-electron chi connectivity index (χ4n) is 1.73. The van der Waals surface area contributed by atoms with Gasteiger partial charge in [-0.15, -0.1) is 0 Å². The Morgan fingerprint density at radius 3 is 2.55 bits per heavy atom. The Bertz CT molecular complexity index is 415. The number of methoxy groups -OCH3 is 1. The fourth-order valence-corrected chi connectivity index (χ4v) is 1.90. The van der Waals surface area contributed by atoms with Gasteiger partial charge in [0, 0.05) is 26.2 Å². The number of benzene rings is 1. The topological polar surface area (TPSA) is 44.5 Å². The molecule has 0 saturated heterocycles. The minimum absolute atomic E-state index is 0.0825. The molecule has 0 aliphatic heterocycles. The van der Waals surface area contributed by atoms with Gasteiger partial charge < -0.3 is 15.2 Å². The van der Waals surface area contributed by atoms with Gasteiger partial charge in [-0.3, -0.25) is 0 Å². The van der Waals surface area contributed by atoms with Gasteiger partial charge in [-0.2, -0.15) is 0 Å². The van der Waals surface area contributed by atoms with E-state index in [1.165, 1.54) is 0 Å². The van der Waals surface area contributed by atoms with Crippen LogP contribution in [0, 0.1) is 5.41 Å². The summed E-state index contributed by atoms with van der Waals surface area (Å²) in [4.78, 5) is 0. The van der Waals surface area contributed by atoms with E-state index in [4.69, 9.17) is 26.8 Å². The van der Waals surface area contributed by atoms with Crippen molar-refractivity contribution in [3.8, 4) is 5.75 Å². The average molecular weight is 300 g/mol. The zero-order valence-corrected chi connectivity index (χ0v) is 13.7. The Morgan fingerprint density at radius 1 is 1.25 bits per heavy atom. The SMILES string of the molecule is COCCCOc1cc(C[C@H](N)C(C)(C)C)ccc1Cl. The molecule has 0 heterocycles. The fraction of sp³-hybridized carbons (Fsp3) is 0.625. The lowest BCUT2D eigenvalue weighted by Gasteiger charge is -2.27. The molecule has 0 fully saturated rings. The lowest BCUT2D eigenvalue weighted by Crippen LogP contribution is -2.36. The Morgan fingerprint density at radius 2 is 1.95 bits per heavy atom. The summed E-state index contributed by atoms with van der Waals surface area (Å²) in [5.74, 6) is 0.723. The van der Waals surface area contributed by atoms with Gasteiger partial charge in [0.25, 0.3) is 0 Å². The second-order valence-electron chi connectivity index (χ2n) is 6.14. The molecule has 1 atom stereocenters. The first-order valence-corrected chi connectivity index (χ1v) is 7.38. The number of hydrogen-bond acceptors (Lipinski definition) is 3. The molecule has 1 aromatic carbocycles. The summed E-state index contributed by atoms with van der Waals surface area (Å²) >= 11 is 6.15. The van der Waals surface area contributed by atoms with E-state index in [-0.39, 0.29) is 11.5 Å². The van der Waals surface area contributed by atoms with Crippen LogP contribution >= 0.6 is 11.6 Å². The van der Waals surface area contributed by atoms with E-state index < -0.39 is 0 Å². The van der Waals surface area contributed by atoms with Gasteiger partial charge >= 0.3 is 0 Å². The molecular weight excluding hydrogens is 274 g/mol. The second-order valence-corrected chi connectivity index (χ2v) is 6.54. The summed E-state index contributed by atoms with van der Waals surface area (Å²) in [6.45, 7) is 7.73. The normalized spacial score (nSPS) is 13.3. The minimum atomic E-state index is 0.0825. The van der Waals surface area contributed by atoms with Crippen LogP contribution in [0.25, 0.3) is 0 Å². The van der Waals surface area contributed by atoms with Crippen molar-refractivity contribution in [1.29, 1.82) is 0 Å². The third-order valence-electron chi connectivity index (χ3n) is 3.31. The first kappa shape index (κ1) is 17.3. The largest absolute Gasteiger partial charge is 0.492 e. The van der Waals surface area contributed by atoms with Crippen LogP contribution in [0.4, 0.5) is 0 Å². The Hall–Kier alpha value is -0.770. The number of hydrogen-bond donors (Lipinski definition) is 1. The van der Waals surface area contributed by atoms with Crippen molar-refractivity contribution < 1.29 is 9.47 Å². The Kier molecular flexibility index (Phi) is 6.80. The molecule has 0 saturated carbocycles. The van der Waals surface area contributed by atoms with Gasteiger partial charge in [0.1, 0.15) is 5.75 Å². The number of rotatable bonds is 7. The van der Waals surface area contributed by atoms with E-state index >= 15 is 0 Å². The smallest absolute Gasteiger partial charge is 0.138 e. The van der Waals surface area contributed by atoms with Crippen LogP contribution in [0.1, 0.15) is 32.8 Å². The van der Waals surface area contributed by atoms with Crippen molar-refractivity contribution in [2.75, 3.05) is 20.3 Å². The molecule has 0 unspecified atom stereocenters. The molecule has 0 spiro atoms. The Balaban J connectivity index is 2.66. The van der Waals surface area contributed by atoms with Crippen molar-refractivity contribution in [2.45, 2.75) is 39.7 Å². The molecule has 0 bridgehead atoms. The maximum atomic E-state index is 6.22. The van der Waals surface area contributed by atoms with E-state index in [9.17, 15) is 0 Å². The van der Waals surface area contributed by atoms with Crippen molar-refractivity contribution in [1.82, 2.24) is 0 Å². The highest BCUT2D eigenvalue weighted by atomic mass is 35.5. The lowest BCUT2D eigenvalue weighted by atomic mass is 9.84. The van der Waals surface area contributed by atoms with Gasteiger partial charge in [0.2, 0.25) is 0 Å². The van der Waals surface area contributed by atoms with Crippen molar-refractivity contribution >= 4 is 11.6 Å². The third-order valence-corrected chi connectivity index (χ3v) is 3.63. The van der Waals surface area contributed by atoms with E-state index in [0.717, 1.165) is 24.2 Å². The second kappa shape index (κ2) is 7.87. The first-order valence-electron chi connectivity index (χ1n) is 7.00. The van der Waals surface area contributed by atoms with E-state index in [0.29, 0.717) is 18.2 Å². The standard InChI is InChI=1S/C16H26ClNO2/c1-16(2,3)15(18)11-12-6-7-13(17)14(10-12)20-9-5-8-19-4/h6-7,10,15H,5,8-9,11,18H2,1-4H3/t15-/m0/s1. The number of halogens is 1. The summed E-state index contributed by atoms with van der Waals surface area (Å²) in [7, 11) is 1.68. The highest BCUT2D eigenvalue weighted by Gasteiger charge is 2.21. The van der Waals surface area contributed by atoms with Crippen LogP contribution in [0.3, 0.4) is 0 Å². The molecule has 3 nitrogen and oxygen atoms in total. The summed E-state index contributed by atoms with van der Waals surface area (Å²) in [6.07, 6.45) is 1.66. The highest BCUT2D eigenvalue weighted by molar-refractivity contribution is 6.32. The lowest BCUT2D eigenvalue weighted by molar-refractivity contribution is 0.172. The molecule has 1 rings (SSSR count). The summed E-state index contributed by atoms with van der Waals surface area (Å²) in [5, 5.41) is 0.635. The predicted molar refractivity (Wildman–Crippen MR) is 84.6 cm³/mol. The van der Waals surface area contributed by atoms with Crippen LogP contribution in [-0.2, 0) is 11.2 Å². The van der Waals surface area contributed by atoms with Gasteiger partial charge in [-0.1, -0.05) is 38.4 Å². The molecule has 0 aliphatic rings. The maximum absolute atomic E-state index is 6.22. The van der Waals surface area contributed by atoms with Crippen molar-refractivity contribution in [2.24, 2.45) is 11.1 Å². The zero-order valence-electron chi connectivity index (χ0n) is 12.9. The van der Waals surface area contributed by atoms with Crippen LogP contribution in [0.15, 0.2) is 18.2 Å². The van der Waals surface area contributed by atoms with Crippen molar-refractivity contribution in [3.05, 3.63) is 28.8 Å². The monoisotopic (exact) mass is 299 g/mol. The van der Waals surface area contributed by atoms with Gasteiger partial charge in [-0.25, -0.2) is 0 Å². The van der Waals surface area contributed by atoms with E-state index in [2.05, 4.69) is 20.8 Å².